The summed E-state index contributed by atoms with van der Waals surface area (Å²) in [5.74, 6) is 0.0621. The van der Waals surface area contributed by atoms with Gasteiger partial charge in [0, 0.05) is 6.54 Å². The number of carbonyl (C=O) groups is 2. The molecule has 4 N–H and O–H groups in total. The van der Waals surface area contributed by atoms with Crippen LogP contribution in [0.5, 0.6) is 0 Å². The number of nitrogens with one attached hydrogen (secondary N) is 2. The van der Waals surface area contributed by atoms with Crippen molar-refractivity contribution in [1.29, 1.82) is 0 Å². The van der Waals surface area contributed by atoms with E-state index in [4.69, 9.17) is 5.73 Å². The van der Waals surface area contributed by atoms with Gasteiger partial charge in [0.05, 0.1) is 6.04 Å². The Morgan fingerprint density at radius 3 is 2.88 bits per heavy atom. The number of nitrogens with two attached hydrogens (primary N) is 1. The summed E-state index contributed by atoms with van der Waals surface area (Å²) in [4.78, 5) is 23.4. The highest BCUT2D eigenvalue weighted by molar-refractivity contribution is 5.89. The summed E-state index contributed by atoms with van der Waals surface area (Å²) in [6, 6.07) is -0.936. The molecule has 1 fully saturated rings. The van der Waals surface area contributed by atoms with Gasteiger partial charge in [0.25, 0.3) is 0 Å². The molecular weight excluding hydrogens is 218 g/mol. The maximum absolute atomic E-state index is 11.8. The van der Waals surface area contributed by atoms with Crippen molar-refractivity contribution in [2.45, 2.75) is 51.6 Å². The molecular formula is C12H23N3O2. The maximum atomic E-state index is 11.8. The minimum atomic E-state index is -0.522. The van der Waals surface area contributed by atoms with Gasteiger partial charge in [-0.25, -0.2) is 0 Å². The van der Waals surface area contributed by atoms with Crippen LogP contribution in [0.15, 0.2) is 0 Å². The summed E-state index contributed by atoms with van der Waals surface area (Å²) in [7, 11) is 0. The molecule has 1 rings (SSSR count). The molecule has 0 aromatic carbocycles. The van der Waals surface area contributed by atoms with E-state index in [-0.39, 0.29) is 11.8 Å². The first kappa shape index (κ1) is 14.0. The van der Waals surface area contributed by atoms with Crippen LogP contribution in [0.1, 0.15) is 39.5 Å². The van der Waals surface area contributed by atoms with Crippen LogP contribution in [0.2, 0.25) is 0 Å². The lowest BCUT2D eigenvalue weighted by atomic mass is 10.0. The highest BCUT2D eigenvalue weighted by Gasteiger charge is 2.24. The SMILES string of the molecule is CC(C)C[C@H](N)C(=O)NC1CCCCNC1=O. The molecule has 1 saturated heterocycles. The zero-order valence-electron chi connectivity index (χ0n) is 10.7. The van der Waals surface area contributed by atoms with Gasteiger partial charge in [0.2, 0.25) is 11.8 Å². The zero-order valence-corrected chi connectivity index (χ0v) is 10.7. The van der Waals surface area contributed by atoms with Crippen molar-refractivity contribution in [1.82, 2.24) is 10.6 Å². The monoisotopic (exact) mass is 241 g/mol. The van der Waals surface area contributed by atoms with E-state index in [1.807, 2.05) is 13.8 Å². The summed E-state index contributed by atoms with van der Waals surface area (Å²) >= 11 is 0. The Balaban J connectivity index is 2.45. The largest absolute Gasteiger partial charge is 0.354 e. The lowest BCUT2D eigenvalue weighted by Crippen LogP contribution is -2.51. The summed E-state index contributed by atoms with van der Waals surface area (Å²) < 4.78 is 0. The molecule has 5 heteroatoms. The Morgan fingerprint density at radius 1 is 1.53 bits per heavy atom. The van der Waals surface area contributed by atoms with Crippen LogP contribution in [0.25, 0.3) is 0 Å². The Hall–Kier alpha value is -1.10. The quantitative estimate of drug-likeness (QED) is 0.655. The molecule has 1 aliphatic heterocycles. The summed E-state index contributed by atoms with van der Waals surface area (Å²) in [6.07, 6.45) is 3.26. The molecule has 2 amide bonds. The Labute approximate surface area is 103 Å². The summed E-state index contributed by atoms with van der Waals surface area (Å²) in [5, 5.41) is 5.52. The third-order valence-electron chi connectivity index (χ3n) is 2.91. The van der Waals surface area contributed by atoms with Crippen molar-refractivity contribution in [3.8, 4) is 0 Å². The predicted octanol–water partition coefficient (Wildman–Crippen LogP) is 0.145. The van der Waals surface area contributed by atoms with E-state index >= 15 is 0 Å². The molecule has 0 aromatic rings. The molecule has 0 aromatic heterocycles. The Morgan fingerprint density at radius 2 is 2.24 bits per heavy atom. The van der Waals surface area contributed by atoms with E-state index in [1.54, 1.807) is 0 Å². The number of amides is 2. The van der Waals surface area contributed by atoms with Gasteiger partial charge in [-0.3, -0.25) is 9.59 Å². The molecule has 0 bridgehead atoms. The third-order valence-corrected chi connectivity index (χ3v) is 2.91. The molecule has 1 heterocycles. The van der Waals surface area contributed by atoms with Crippen molar-refractivity contribution in [2.24, 2.45) is 11.7 Å². The lowest BCUT2D eigenvalue weighted by molar-refractivity contribution is -0.129. The number of hydrogen-bond acceptors (Lipinski definition) is 3. The first-order valence-electron chi connectivity index (χ1n) is 6.34. The van der Waals surface area contributed by atoms with Gasteiger partial charge in [0.15, 0.2) is 0 Å². The molecule has 0 radical (unpaired) electrons. The van der Waals surface area contributed by atoms with Gasteiger partial charge >= 0.3 is 0 Å². The van der Waals surface area contributed by atoms with Gasteiger partial charge in [-0.1, -0.05) is 13.8 Å². The second-order valence-electron chi connectivity index (χ2n) is 5.08. The van der Waals surface area contributed by atoms with Crippen molar-refractivity contribution < 1.29 is 9.59 Å². The highest BCUT2D eigenvalue weighted by atomic mass is 16.2. The second kappa shape index (κ2) is 6.59. The lowest BCUT2D eigenvalue weighted by Gasteiger charge is -2.19. The van der Waals surface area contributed by atoms with E-state index in [1.165, 1.54) is 0 Å². The third kappa shape index (κ3) is 4.73. The van der Waals surface area contributed by atoms with Gasteiger partial charge < -0.3 is 16.4 Å². The molecule has 98 valence electrons. The molecule has 1 unspecified atom stereocenters. The minimum absolute atomic E-state index is 0.0902. The smallest absolute Gasteiger partial charge is 0.242 e. The average Bonchev–Trinajstić information content (AvgIpc) is 2.43. The van der Waals surface area contributed by atoms with Gasteiger partial charge in [-0.05, 0) is 31.6 Å². The molecule has 2 atom stereocenters. The van der Waals surface area contributed by atoms with Gasteiger partial charge in [-0.2, -0.15) is 0 Å². The van der Waals surface area contributed by atoms with Crippen LogP contribution in [0.4, 0.5) is 0 Å². The molecule has 17 heavy (non-hydrogen) atoms. The number of rotatable bonds is 4. The van der Waals surface area contributed by atoms with Crippen LogP contribution in [0, 0.1) is 5.92 Å². The van der Waals surface area contributed by atoms with E-state index in [2.05, 4.69) is 10.6 Å². The van der Waals surface area contributed by atoms with Gasteiger partial charge in [-0.15, -0.1) is 0 Å². The van der Waals surface area contributed by atoms with Crippen LogP contribution in [-0.2, 0) is 9.59 Å². The molecule has 1 aliphatic rings. The summed E-state index contributed by atoms with van der Waals surface area (Å²) in [6.45, 7) is 4.74. The van der Waals surface area contributed by atoms with Crippen LogP contribution >= 0.6 is 0 Å². The van der Waals surface area contributed by atoms with Gasteiger partial charge in [0.1, 0.15) is 6.04 Å². The summed E-state index contributed by atoms with van der Waals surface area (Å²) in [5.41, 5.74) is 5.78. The molecule has 0 aliphatic carbocycles. The first-order chi connectivity index (χ1) is 8.00. The second-order valence-corrected chi connectivity index (χ2v) is 5.08. The fourth-order valence-corrected chi connectivity index (χ4v) is 1.97. The average molecular weight is 241 g/mol. The zero-order chi connectivity index (χ0) is 12.8. The predicted molar refractivity (Wildman–Crippen MR) is 66.2 cm³/mol. The van der Waals surface area contributed by atoms with E-state index in [0.29, 0.717) is 25.3 Å². The fourth-order valence-electron chi connectivity index (χ4n) is 1.97. The van der Waals surface area contributed by atoms with Crippen molar-refractivity contribution in [3.63, 3.8) is 0 Å². The fraction of sp³-hybridized carbons (Fsp3) is 0.833. The normalized spacial score (nSPS) is 22.8. The van der Waals surface area contributed by atoms with E-state index in [0.717, 1.165) is 12.8 Å². The number of hydrogen-bond donors (Lipinski definition) is 3. The Bertz CT molecular complexity index is 279. The van der Waals surface area contributed by atoms with Crippen molar-refractivity contribution in [2.75, 3.05) is 6.54 Å². The van der Waals surface area contributed by atoms with Crippen LogP contribution < -0.4 is 16.4 Å². The maximum Gasteiger partial charge on any atom is 0.242 e. The highest BCUT2D eigenvalue weighted by Crippen LogP contribution is 2.07. The molecule has 0 saturated carbocycles. The molecule has 0 spiro atoms. The van der Waals surface area contributed by atoms with E-state index < -0.39 is 12.1 Å². The van der Waals surface area contributed by atoms with Crippen LogP contribution in [0.3, 0.4) is 0 Å². The van der Waals surface area contributed by atoms with Crippen molar-refractivity contribution >= 4 is 11.8 Å². The minimum Gasteiger partial charge on any atom is -0.354 e. The number of carbonyl (C=O) groups excluding carboxylic acids is 2. The topological polar surface area (TPSA) is 84.2 Å². The van der Waals surface area contributed by atoms with E-state index in [9.17, 15) is 9.59 Å². The van der Waals surface area contributed by atoms with Crippen LogP contribution in [-0.4, -0.2) is 30.4 Å². The standard InChI is InChI=1S/C12H23N3O2/c1-8(2)7-9(13)11(16)15-10-5-3-4-6-14-12(10)17/h8-10H,3-7,13H2,1-2H3,(H,14,17)(H,15,16)/t9-,10?/m0/s1. The molecule has 5 nitrogen and oxygen atoms in total. The first-order valence-corrected chi connectivity index (χ1v) is 6.34. The van der Waals surface area contributed by atoms with Crippen molar-refractivity contribution in [3.05, 3.63) is 0 Å². The Kier molecular flexibility index (Phi) is 5.41.